The lowest BCUT2D eigenvalue weighted by molar-refractivity contribution is 0.127. The number of carbonyl (C=O) groups excluding carboxylic acids is 1. The molecule has 0 saturated heterocycles. The van der Waals surface area contributed by atoms with Gasteiger partial charge >= 0.3 is 6.09 Å². The van der Waals surface area contributed by atoms with E-state index in [1.54, 1.807) is 0 Å². The Morgan fingerprint density at radius 2 is 1.31 bits per heavy atom. The van der Waals surface area contributed by atoms with E-state index in [1.807, 2.05) is 112 Å². The second-order valence-electron chi connectivity index (χ2n) is 9.88. The number of ether oxygens (including phenoxy) is 1. The Hall–Kier alpha value is -2.92. The molecule has 0 aliphatic rings. The number of aliphatic hydroxyl groups is 1. The fraction of sp³-hybridized carbons (Fsp3) is 0.345. The molecule has 0 aliphatic carbocycles. The van der Waals surface area contributed by atoms with Crippen molar-refractivity contribution in [3.05, 3.63) is 108 Å². The number of hydrogen-bond acceptors (Lipinski definition) is 5. The fourth-order valence-corrected chi connectivity index (χ4v) is 6.80. The summed E-state index contributed by atoms with van der Waals surface area (Å²) < 4.78 is 26.0. The lowest BCUT2D eigenvalue weighted by atomic mass is 9.96. The topological polar surface area (TPSA) is 84.9 Å². The molecule has 1 amide bonds. The predicted molar refractivity (Wildman–Crippen MR) is 143 cm³/mol. The molecular weight excluding hydrogens is 473 g/mol. The Kier molecular flexibility index (Phi) is 9.89. The van der Waals surface area contributed by atoms with Crippen LogP contribution in [0.5, 0.6) is 0 Å². The number of rotatable bonds is 11. The maximum atomic E-state index is 14.5. The normalized spacial score (nSPS) is 14.9. The first-order chi connectivity index (χ1) is 17.2. The highest BCUT2D eigenvalue weighted by Crippen LogP contribution is 2.61. The van der Waals surface area contributed by atoms with Crippen molar-refractivity contribution in [1.82, 2.24) is 5.32 Å². The molecule has 3 aromatic rings. The molecule has 6 nitrogen and oxygen atoms in total. The SMILES string of the molecule is CC(C)(C)C(NC(=O)OCc1ccccc1)P(=O)(OCc1ccccc1)C(O)CCc1ccccc1. The number of alkyl carbamates (subject to hydrolysis) is 1. The van der Waals surface area contributed by atoms with Gasteiger partial charge in [-0.15, -0.1) is 0 Å². The van der Waals surface area contributed by atoms with E-state index in [4.69, 9.17) is 9.26 Å². The summed E-state index contributed by atoms with van der Waals surface area (Å²) in [6.45, 7) is 5.70. The highest BCUT2D eigenvalue weighted by molar-refractivity contribution is 7.60. The Morgan fingerprint density at radius 3 is 1.81 bits per heavy atom. The van der Waals surface area contributed by atoms with Crippen LogP contribution in [0.1, 0.15) is 43.9 Å². The summed E-state index contributed by atoms with van der Waals surface area (Å²) >= 11 is 0. The van der Waals surface area contributed by atoms with Crippen LogP contribution in [0.25, 0.3) is 0 Å². The summed E-state index contributed by atoms with van der Waals surface area (Å²) in [7, 11) is -3.85. The first-order valence-electron chi connectivity index (χ1n) is 12.2. The molecule has 2 N–H and O–H groups in total. The predicted octanol–water partition coefficient (Wildman–Crippen LogP) is 6.73. The van der Waals surface area contributed by atoms with Gasteiger partial charge in [-0.3, -0.25) is 4.57 Å². The van der Waals surface area contributed by atoms with Crippen LogP contribution in [0.15, 0.2) is 91.0 Å². The molecule has 0 aliphatic heterocycles. The van der Waals surface area contributed by atoms with Crippen LogP contribution in [0.4, 0.5) is 4.79 Å². The summed E-state index contributed by atoms with van der Waals surface area (Å²) in [6.07, 6.45) is 0.0388. The van der Waals surface area contributed by atoms with Gasteiger partial charge in [-0.25, -0.2) is 4.79 Å². The third-order valence-corrected chi connectivity index (χ3v) is 9.12. The minimum absolute atomic E-state index is 0.0494. The van der Waals surface area contributed by atoms with E-state index >= 15 is 0 Å². The first kappa shape index (κ1) is 27.7. The number of nitrogens with one attached hydrogen (secondary N) is 1. The van der Waals surface area contributed by atoms with Gasteiger partial charge in [0.25, 0.3) is 7.37 Å². The van der Waals surface area contributed by atoms with E-state index in [9.17, 15) is 14.5 Å². The maximum absolute atomic E-state index is 14.5. The summed E-state index contributed by atoms with van der Waals surface area (Å²) in [5, 5.41) is 14.1. The van der Waals surface area contributed by atoms with Gasteiger partial charge in [0.15, 0.2) is 0 Å². The molecule has 3 aromatic carbocycles. The lowest BCUT2D eigenvalue weighted by Gasteiger charge is -2.39. The Labute approximate surface area is 214 Å². The molecule has 3 atom stereocenters. The van der Waals surface area contributed by atoms with Crippen molar-refractivity contribution < 1.29 is 23.7 Å². The van der Waals surface area contributed by atoms with Crippen molar-refractivity contribution in [3.63, 3.8) is 0 Å². The quantitative estimate of drug-likeness (QED) is 0.280. The van der Waals surface area contributed by atoms with Crippen LogP contribution >= 0.6 is 7.37 Å². The zero-order valence-electron chi connectivity index (χ0n) is 21.2. The monoisotopic (exact) mass is 509 g/mol. The van der Waals surface area contributed by atoms with E-state index in [0.29, 0.717) is 6.42 Å². The van der Waals surface area contributed by atoms with Gasteiger partial charge in [-0.2, -0.15) is 0 Å². The van der Waals surface area contributed by atoms with Gasteiger partial charge in [-0.1, -0.05) is 112 Å². The van der Waals surface area contributed by atoms with Crippen LogP contribution in [0.2, 0.25) is 0 Å². The number of aryl methyl sites for hydroxylation is 1. The van der Waals surface area contributed by atoms with Crippen molar-refractivity contribution in [2.45, 2.75) is 58.5 Å². The number of aliphatic hydroxyl groups excluding tert-OH is 1. The van der Waals surface area contributed by atoms with E-state index in [-0.39, 0.29) is 19.6 Å². The van der Waals surface area contributed by atoms with Crippen LogP contribution in [-0.2, 0) is 33.5 Å². The molecule has 3 rings (SSSR count). The zero-order chi connectivity index (χ0) is 26.0. The van der Waals surface area contributed by atoms with Crippen molar-refractivity contribution in [3.8, 4) is 0 Å². The Balaban J connectivity index is 1.81. The van der Waals surface area contributed by atoms with Crippen molar-refractivity contribution in [1.29, 1.82) is 0 Å². The number of carbonyl (C=O) groups is 1. The summed E-state index contributed by atoms with van der Waals surface area (Å²) in [5.41, 5.74) is 2.00. The Bertz CT molecular complexity index is 1120. The average molecular weight is 510 g/mol. The molecule has 0 fully saturated rings. The third kappa shape index (κ3) is 8.06. The largest absolute Gasteiger partial charge is 0.445 e. The van der Waals surface area contributed by atoms with Gasteiger partial charge in [-0.05, 0) is 34.9 Å². The molecule has 0 bridgehead atoms. The lowest BCUT2D eigenvalue weighted by Crippen LogP contribution is -2.46. The second-order valence-corrected chi connectivity index (χ2v) is 12.5. The second kappa shape index (κ2) is 12.9. The number of hydrogen-bond donors (Lipinski definition) is 2. The average Bonchev–Trinajstić information content (AvgIpc) is 2.89. The van der Waals surface area contributed by atoms with Gasteiger partial charge in [0.05, 0.1) is 6.61 Å². The highest BCUT2D eigenvalue weighted by atomic mass is 31.2. The summed E-state index contributed by atoms with van der Waals surface area (Å²) in [5.74, 6) is -2.25. The molecule has 0 saturated carbocycles. The van der Waals surface area contributed by atoms with Crippen LogP contribution in [0, 0.1) is 5.41 Å². The fourth-order valence-electron chi connectivity index (χ4n) is 3.93. The smallest absolute Gasteiger partial charge is 0.408 e. The van der Waals surface area contributed by atoms with Gasteiger partial charge in [0.1, 0.15) is 18.2 Å². The van der Waals surface area contributed by atoms with Gasteiger partial charge in [0, 0.05) is 0 Å². The maximum Gasteiger partial charge on any atom is 0.408 e. The van der Waals surface area contributed by atoms with E-state index < -0.39 is 30.5 Å². The van der Waals surface area contributed by atoms with E-state index in [2.05, 4.69) is 5.32 Å². The molecule has 0 radical (unpaired) electrons. The minimum atomic E-state index is -3.85. The van der Waals surface area contributed by atoms with E-state index in [1.165, 1.54) is 0 Å². The molecule has 0 aromatic heterocycles. The minimum Gasteiger partial charge on any atom is -0.445 e. The van der Waals surface area contributed by atoms with Crippen LogP contribution < -0.4 is 5.32 Å². The standard InChI is InChI=1S/C29H36NO5P/c1-29(2,3)27(30-28(32)34-21-24-15-9-5-10-16-24)36(33,35-22-25-17-11-6-12-18-25)26(31)20-19-23-13-7-4-8-14-23/h4-18,26-27,31H,19-22H2,1-3H3,(H,30,32). The summed E-state index contributed by atoms with van der Waals surface area (Å²) in [4.78, 5) is 12.8. The van der Waals surface area contributed by atoms with Gasteiger partial charge < -0.3 is 19.7 Å². The van der Waals surface area contributed by atoms with Crippen LogP contribution in [0.3, 0.4) is 0 Å². The van der Waals surface area contributed by atoms with Crippen molar-refractivity contribution >= 4 is 13.5 Å². The number of amides is 1. The molecule has 36 heavy (non-hydrogen) atoms. The Morgan fingerprint density at radius 1 is 0.833 bits per heavy atom. The van der Waals surface area contributed by atoms with E-state index in [0.717, 1.165) is 16.7 Å². The van der Waals surface area contributed by atoms with Crippen LogP contribution in [-0.4, -0.2) is 22.8 Å². The molecular formula is C29H36NO5P. The van der Waals surface area contributed by atoms with Crippen molar-refractivity contribution in [2.75, 3.05) is 0 Å². The highest BCUT2D eigenvalue weighted by Gasteiger charge is 2.48. The number of benzene rings is 3. The molecule has 7 heteroatoms. The van der Waals surface area contributed by atoms with Gasteiger partial charge in [0.2, 0.25) is 0 Å². The molecule has 3 unspecified atom stereocenters. The first-order valence-corrected chi connectivity index (χ1v) is 13.9. The third-order valence-electron chi connectivity index (χ3n) is 5.87. The summed E-state index contributed by atoms with van der Waals surface area (Å²) in [6, 6.07) is 28.4. The van der Waals surface area contributed by atoms with Crippen molar-refractivity contribution in [2.24, 2.45) is 5.41 Å². The molecule has 192 valence electrons. The zero-order valence-corrected chi connectivity index (χ0v) is 22.1. The molecule has 0 heterocycles. The molecule has 0 spiro atoms.